The molecule has 11 heteroatoms. The summed E-state index contributed by atoms with van der Waals surface area (Å²) < 4.78 is 1.45. The molecule has 3 N–H and O–H groups in total. The molecule has 0 saturated carbocycles. The number of benzene rings is 2. The zero-order valence-electron chi connectivity index (χ0n) is 22.5. The van der Waals surface area contributed by atoms with Crippen LogP contribution < -0.4 is 16.0 Å². The molecule has 11 nitrogen and oxygen atoms in total. The zero-order chi connectivity index (χ0) is 29.0. The van der Waals surface area contributed by atoms with Gasteiger partial charge in [0.1, 0.15) is 12.2 Å². The van der Waals surface area contributed by atoms with Crippen molar-refractivity contribution in [2.45, 2.75) is 31.6 Å². The molecule has 3 aromatic rings. The zero-order valence-corrected chi connectivity index (χ0v) is 22.5. The van der Waals surface area contributed by atoms with Crippen molar-refractivity contribution in [1.82, 2.24) is 24.8 Å². The topological polar surface area (TPSA) is 130 Å². The number of carbonyl (C=O) groups is 3. The molecule has 3 amide bonds. The average Bonchev–Trinajstić information content (AvgIpc) is 3.41. The van der Waals surface area contributed by atoms with Gasteiger partial charge in [0, 0.05) is 32.5 Å². The Kier molecular flexibility index (Phi) is 7.72. The molecule has 0 aliphatic carbocycles. The number of rotatable bonds is 8. The molecule has 208 valence electrons. The van der Waals surface area contributed by atoms with Crippen LogP contribution in [0.3, 0.4) is 0 Å². The van der Waals surface area contributed by atoms with Crippen LogP contribution in [0.5, 0.6) is 0 Å². The number of primary amides is 1. The lowest BCUT2D eigenvalue weighted by Crippen LogP contribution is -2.69. The molecular weight excluding hydrogens is 520 g/mol. The highest BCUT2D eigenvalue weighted by molar-refractivity contribution is 6.03. The lowest BCUT2D eigenvalue weighted by Gasteiger charge is -2.57. The van der Waals surface area contributed by atoms with E-state index in [4.69, 9.17) is 18.6 Å². The van der Waals surface area contributed by atoms with E-state index in [1.807, 2.05) is 24.3 Å². The molecule has 0 unspecified atom stereocenters. The number of para-hydroxylation sites is 2. The maximum atomic E-state index is 13.5. The van der Waals surface area contributed by atoms with Crippen molar-refractivity contribution in [2.24, 2.45) is 5.73 Å². The quantitative estimate of drug-likeness (QED) is 0.407. The van der Waals surface area contributed by atoms with Gasteiger partial charge in [-0.1, -0.05) is 41.3 Å². The molecule has 41 heavy (non-hydrogen) atoms. The van der Waals surface area contributed by atoms with Gasteiger partial charge in [-0.2, -0.15) is 0 Å². The Bertz CT molecular complexity index is 1560. The van der Waals surface area contributed by atoms with Crippen molar-refractivity contribution < 1.29 is 14.4 Å². The van der Waals surface area contributed by atoms with Crippen molar-refractivity contribution in [3.05, 3.63) is 71.5 Å². The number of hydrogen-bond donors (Lipinski definition) is 2. The van der Waals surface area contributed by atoms with Gasteiger partial charge in [-0.25, -0.2) is 4.68 Å². The first kappa shape index (κ1) is 27.4. The lowest BCUT2D eigenvalue weighted by atomic mass is 9.87. The summed E-state index contributed by atoms with van der Waals surface area (Å²) in [4.78, 5) is 43.9. The van der Waals surface area contributed by atoms with Gasteiger partial charge in [-0.15, -0.1) is 17.9 Å². The number of terminal acetylenes is 2. The fourth-order valence-electron chi connectivity index (χ4n) is 5.70. The van der Waals surface area contributed by atoms with E-state index in [2.05, 4.69) is 37.3 Å². The van der Waals surface area contributed by atoms with E-state index in [9.17, 15) is 14.4 Å². The first-order chi connectivity index (χ1) is 19.9. The van der Waals surface area contributed by atoms with E-state index in [0.29, 0.717) is 56.0 Å². The second-order valence-electron chi connectivity index (χ2n) is 10.0. The van der Waals surface area contributed by atoms with E-state index < -0.39 is 11.6 Å². The summed E-state index contributed by atoms with van der Waals surface area (Å²) in [6.07, 6.45) is 14.5. The van der Waals surface area contributed by atoms with Crippen molar-refractivity contribution >= 4 is 29.1 Å². The fraction of sp³-hybridized carbons (Fsp3) is 0.300. The molecular formula is C30H30N8O3. The monoisotopic (exact) mass is 550 g/mol. The van der Waals surface area contributed by atoms with E-state index in [1.165, 1.54) is 4.68 Å². The van der Waals surface area contributed by atoms with E-state index in [-0.39, 0.29) is 30.5 Å². The number of carbonyl (C=O) groups excluding carboxylic acids is 3. The largest absolute Gasteiger partial charge is 0.366 e. The predicted octanol–water partition coefficient (Wildman–Crippen LogP) is 1.54. The minimum Gasteiger partial charge on any atom is -0.366 e. The van der Waals surface area contributed by atoms with E-state index in [1.54, 1.807) is 35.4 Å². The number of piperidine rings is 1. The number of aromatic nitrogens is 3. The summed E-state index contributed by atoms with van der Waals surface area (Å²) in [6.45, 7) is 2.34. The molecule has 1 spiro atoms. The van der Waals surface area contributed by atoms with Gasteiger partial charge in [0.05, 0.1) is 47.5 Å². The summed E-state index contributed by atoms with van der Waals surface area (Å²) in [5.74, 6) is 4.36. The van der Waals surface area contributed by atoms with Gasteiger partial charge in [-0.3, -0.25) is 19.3 Å². The molecule has 2 aliphatic rings. The summed E-state index contributed by atoms with van der Waals surface area (Å²) in [7, 11) is 0. The summed E-state index contributed by atoms with van der Waals surface area (Å²) >= 11 is 0. The average molecular weight is 551 g/mol. The Morgan fingerprint density at radius 2 is 1.68 bits per heavy atom. The van der Waals surface area contributed by atoms with Crippen molar-refractivity contribution in [3.8, 4) is 24.7 Å². The Hall–Kier alpha value is -5.13. The molecule has 3 heterocycles. The summed E-state index contributed by atoms with van der Waals surface area (Å²) in [5.41, 5.74) is 7.47. The Balaban J connectivity index is 1.25. The van der Waals surface area contributed by atoms with Crippen LogP contribution >= 0.6 is 0 Å². The number of nitrogens with zero attached hydrogens (tertiary/aromatic N) is 6. The van der Waals surface area contributed by atoms with Crippen molar-refractivity contribution in [2.75, 3.05) is 36.4 Å². The molecule has 0 radical (unpaired) electrons. The molecule has 1 aromatic heterocycles. The lowest BCUT2D eigenvalue weighted by molar-refractivity contribution is -0.116. The van der Waals surface area contributed by atoms with Gasteiger partial charge in [0.15, 0.2) is 0 Å². The van der Waals surface area contributed by atoms with Crippen LogP contribution in [-0.2, 0) is 17.9 Å². The van der Waals surface area contributed by atoms with Gasteiger partial charge in [0.2, 0.25) is 5.91 Å². The maximum Gasteiger partial charge on any atom is 0.258 e. The second kappa shape index (κ2) is 11.5. The Morgan fingerprint density at radius 3 is 2.41 bits per heavy atom. The molecule has 2 aliphatic heterocycles. The number of amides is 3. The summed E-state index contributed by atoms with van der Waals surface area (Å²) in [5, 5.41) is 11.0. The van der Waals surface area contributed by atoms with Crippen molar-refractivity contribution in [3.63, 3.8) is 0 Å². The highest BCUT2D eigenvalue weighted by Crippen LogP contribution is 2.42. The number of nitrogens with two attached hydrogens (primary N) is 1. The third kappa shape index (κ3) is 5.36. The van der Waals surface area contributed by atoms with Gasteiger partial charge in [0.25, 0.3) is 11.8 Å². The minimum atomic E-state index is -0.627. The van der Waals surface area contributed by atoms with Crippen LogP contribution in [0.4, 0.5) is 11.4 Å². The molecule has 0 atom stereocenters. The number of fused-ring (bicyclic) bond motifs is 1. The third-order valence-corrected chi connectivity index (χ3v) is 7.57. The standard InChI is InChI=1S/C30H30N8O3/c1-3-15-37-26-12-8-6-10-24(26)29(41)38(16-4-2)30(37)13-17-35(18-14-30)19-22-20-36(34-33-22)21-27(39)32-25-11-7-5-9-23(25)28(31)40/h1-2,5-12,20H,13-19,21H2,(H2,31,40)(H,32,39). The molecule has 1 fully saturated rings. The fourth-order valence-corrected chi connectivity index (χ4v) is 5.70. The third-order valence-electron chi connectivity index (χ3n) is 7.57. The molecule has 2 aromatic carbocycles. The molecule has 5 rings (SSSR count). The molecule has 0 bridgehead atoms. The Morgan fingerprint density at radius 1 is 1.00 bits per heavy atom. The van der Waals surface area contributed by atoms with Crippen molar-refractivity contribution in [1.29, 1.82) is 0 Å². The maximum absolute atomic E-state index is 13.5. The first-order valence-corrected chi connectivity index (χ1v) is 13.2. The van der Waals surface area contributed by atoms with E-state index in [0.717, 1.165) is 5.69 Å². The van der Waals surface area contributed by atoms with Crippen LogP contribution in [0, 0.1) is 24.7 Å². The van der Waals surface area contributed by atoms with Gasteiger partial charge in [-0.05, 0) is 24.3 Å². The van der Waals surface area contributed by atoms with Crippen LogP contribution in [0.1, 0.15) is 39.3 Å². The Labute approximate surface area is 238 Å². The predicted molar refractivity (Wildman–Crippen MR) is 153 cm³/mol. The smallest absolute Gasteiger partial charge is 0.258 e. The van der Waals surface area contributed by atoms with Crippen LogP contribution in [0.25, 0.3) is 0 Å². The number of nitrogens with one attached hydrogen (secondary N) is 1. The summed E-state index contributed by atoms with van der Waals surface area (Å²) in [6, 6.07) is 14.0. The van der Waals surface area contributed by atoms with Gasteiger partial charge >= 0.3 is 0 Å². The van der Waals surface area contributed by atoms with E-state index >= 15 is 0 Å². The normalized spacial score (nSPS) is 16.1. The highest BCUT2D eigenvalue weighted by atomic mass is 16.2. The van der Waals surface area contributed by atoms with Crippen LogP contribution in [0.15, 0.2) is 54.7 Å². The number of hydrogen-bond acceptors (Lipinski definition) is 7. The molecule has 1 saturated heterocycles. The first-order valence-electron chi connectivity index (χ1n) is 13.2. The SMILES string of the molecule is C#CCN1C(=O)c2ccccc2N(CC#C)C12CCN(Cc1cn(CC(=O)Nc3ccccc3C(N)=O)nn1)CC2. The number of anilines is 2. The minimum absolute atomic E-state index is 0.0766. The van der Waals surface area contributed by atoms with Gasteiger partial charge < -0.3 is 20.9 Å². The number of likely N-dealkylation sites (tertiary alicyclic amines) is 1. The van der Waals surface area contributed by atoms with Crippen LogP contribution in [0.2, 0.25) is 0 Å². The van der Waals surface area contributed by atoms with Crippen LogP contribution in [-0.4, -0.2) is 74.4 Å². The highest BCUT2D eigenvalue weighted by Gasteiger charge is 2.50. The second-order valence-corrected chi connectivity index (χ2v) is 10.0.